The molecule has 1 radical (unpaired) electrons. The number of hydrogen-bond acceptors (Lipinski definition) is 0. The van der Waals surface area contributed by atoms with Crippen LogP contribution in [-0.4, -0.2) is 0 Å². The molecule has 0 aliphatic rings. The van der Waals surface area contributed by atoms with E-state index in [4.69, 9.17) is 0 Å². The van der Waals surface area contributed by atoms with E-state index in [1.54, 1.807) is 0 Å². The molecule has 0 atom stereocenters. The third kappa shape index (κ3) is 2.00. The van der Waals surface area contributed by atoms with E-state index >= 15 is 0 Å². The molecule has 0 heterocycles. The van der Waals surface area contributed by atoms with Crippen molar-refractivity contribution in [1.82, 2.24) is 0 Å². The molecule has 0 fully saturated rings. The van der Waals surface area contributed by atoms with E-state index in [1.165, 1.54) is 33.4 Å². The summed E-state index contributed by atoms with van der Waals surface area (Å²) in [6.45, 7) is 13.3. The van der Waals surface area contributed by atoms with Crippen LogP contribution in [0.25, 0.3) is 0 Å². The van der Waals surface area contributed by atoms with E-state index in [-0.39, 0.29) is 18.6 Å². The molecule has 0 bridgehead atoms. The Morgan fingerprint density at radius 1 is 0.385 bits per heavy atom. The van der Waals surface area contributed by atoms with Crippen molar-refractivity contribution in [2.75, 3.05) is 0 Å². The predicted octanol–water partition coefficient (Wildman–Crippen LogP) is 3.53. The molecule has 1 aromatic rings. The van der Waals surface area contributed by atoms with E-state index in [9.17, 15) is 0 Å². The average Bonchev–Trinajstić information content (AvgIpc) is 2.08. The summed E-state index contributed by atoms with van der Waals surface area (Å²) in [5.41, 5.74) is 8.73. The van der Waals surface area contributed by atoms with Gasteiger partial charge in [0.2, 0.25) is 0 Å². The molecule has 0 spiro atoms. The molecular formula is C12H18V. The first kappa shape index (κ1) is 12.8. The average molecular weight is 213 g/mol. The third-order valence-corrected chi connectivity index (χ3v) is 3.38. The number of rotatable bonds is 0. The van der Waals surface area contributed by atoms with Crippen molar-refractivity contribution < 1.29 is 18.6 Å². The van der Waals surface area contributed by atoms with Crippen LogP contribution in [0.2, 0.25) is 0 Å². The maximum Gasteiger partial charge on any atom is 0 e. The monoisotopic (exact) mass is 213 g/mol. The van der Waals surface area contributed by atoms with Crippen LogP contribution >= 0.6 is 0 Å². The largest absolute Gasteiger partial charge is 0.0447 e. The van der Waals surface area contributed by atoms with Gasteiger partial charge in [0.1, 0.15) is 0 Å². The van der Waals surface area contributed by atoms with Gasteiger partial charge in [-0.05, 0) is 74.9 Å². The normalized spacial score (nSPS) is 9.69. The van der Waals surface area contributed by atoms with Crippen LogP contribution < -0.4 is 0 Å². The summed E-state index contributed by atoms with van der Waals surface area (Å²) in [5, 5.41) is 0. The Morgan fingerprint density at radius 2 is 0.462 bits per heavy atom. The molecule has 0 amide bonds. The molecule has 0 N–H and O–H groups in total. The van der Waals surface area contributed by atoms with Crippen molar-refractivity contribution >= 4 is 0 Å². The van der Waals surface area contributed by atoms with Crippen LogP contribution in [0.3, 0.4) is 0 Å². The van der Waals surface area contributed by atoms with Crippen molar-refractivity contribution in [1.29, 1.82) is 0 Å². The van der Waals surface area contributed by atoms with Crippen LogP contribution in [0.5, 0.6) is 0 Å². The minimum atomic E-state index is 0. The Balaban J connectivity index is 0.00000144. The van der Waals surface area contributed by atoms with E-state index in [1.807, 2.05) is 0 Å². The Morgan fingerprint density at radius 3 is 0.538 bits per heavy atom. The fourth-order valence-electron chi connectivity index (χ4n) is 1.69. The van der Waals surface area contributed by atoms with Gasteiger partial charge in [-0.2, -0.15) is 0 Å². The molecule has 1 aromatic carbocycles. The first-order valence-electron chi connectivity index (χ1n) is 4.50. The zero-order chi connectivity index (χ0) is 9.46. The van der Waals surface area contributed by atoms with Crippen molar-refractivity contribution in [2.24, 2.45) is 0 Å². The molecule has 0 saturated heterocycles. The summed E-state index contributed by atoms with van der Waals surface area (Å²) in [6.07, 6.45) is 0. The molecule has 0 nitrogen and oxygen atoms in total. The van der Waals surface area contributed by atoms with Gasteiger partial charge < -0.3 is 0 Å². The molecule has 0 aliphatic heterocycles. The van der Waals surface area contributed by atoms with Gasteiger partial charge in [0.15, 0.2) is 0 Å². The molecule has 13 heavy (non-hydrogen) atoms. The van der Waals surface area contributed by atoms with Gasteiger partial charge >= 0.3 is 0 Å². The smallest absolute Gasteiger partial charge is 0 e. The van der Waals surface area contributed by atoms with Gasteiger partial charge in [-0.25, -0.2) is 0 Å². The molecule has 1 heteroatoms. The fourth-order valence-corrected chi connectivity index (χ4v) is 1.69. The summed E-state index contributed by atoms with van der Waals surface area (Å²) < 4.78 is 0. The predicted molar refractivity (Wildman–Crippen MR) is 54.9 cm³/mol. The van der Waals surface area contributed by atoms with Crippen molar-refractivity contribution in [2.45, 2.75) is 41.5 Å². The quantitative estimate of drug-likeness (QED) is 0.618. The maximum absolute atomic E-state index is 2.21. The molecule has 71 valence electrons. The van der Waals surface area contributed by atoms with Gasteiger partial charge in [-0.15, -0.1) is 0 Å². The fraction of sp³-hybridized carbons (Fsp3) is 0.500. The Kier molecular flexibility index (Phi) is 4.28. The SMILES string of the molecule is Cc1c(C)c(C)c(C)c(C)c1C.[V]. The van der Waals surface area contributed by atoms with Gasteiger partial charge in [0.05, 0.1) is 0 Å². The Bertz CT molecular complexity index is 219. The van der Waals surface area contributed by atoms with Crippen molar-refractivity contribution in [3.63, 3.8) is 0 Å². The second-order valence-corrected chi connectivity index (χ2v) is 3.75. The molecular weight excluding hydrogens is 195 g/mol. The van der Waals surface area contributed by atoms with E-state index in [0.717, 1.165) is 0 Å². The summed E-state index contributed by atoms with van der Waals surface area (Å²) in [5.74, 6) is 0. The first-order chi connectivity index (χ1) is 5.46. The zero-order valence-corrected chi connectivity index (χ0v) is 10.8. The molecule has 0 unspecified atom stereocenters. The second-order valence-electron chi connectivity index (χ2n) is 3.75. The summed E-state index contributed by atoms with van der Waals surface area (Å²) in [7, 11) is 0. The first-order valence-corrected chi connectivity index (χ1v) is 4.50. The Hall–Kier alpha value is -0.196. The van der Waals surface area contributed by atoms with Crippen LogP contribution in [0.1, 0.15) is 33.4 Å². The zero-order valence-electron chi connectivity index (χ0n) is 9.45. The van der Waals surface area contributed by atoms with Gasteiger partial charge in [-0.3, -0.25) is 0 Å². The van der Waals surface area contributed by atoms with Crippen molar-refractivity contribution in [3.8, 4) is 0 Å². The molecule has 0 saturated carbocycles. The van der Waals surface area contributed by atoms with Gasteiger partial charge in [0.25, 0.3) is 0 Å². The summed E-state index contributed by atoms with van der Waals surface area (Å²) >= 11 is 0. The molecule has 0 aliphatic carbocycles. The van der Waals surface area contributed by atoms with E-state index in [2.05, 4.69) is 41.5 Å². The van der Waals surface area contributed by atoms with Crippen LogP contribution in [0, 0.1) is 41.5 Å². The van der Waals surface area contributed by atoms with Gasteiger partial charge in [0, 0.05) is 18.6 Å². The molecule has 0 aromatic heterocycles. The number of benzene rings is 1. The topological polar surface area (TPSA) is 0 Å². The second kappa shape index (κ2) is 4.35. The van der Waals surface area contributed by atoms with E-state index in [0.29, 0.717) is 0 Å². The standard InChI is InChI=1S/C12H18.V/c1-7-8(2)10(4)12(6)11(5)9(7)3;/h1-6H3;. The third-order valence-electron chi connectivity index (χ3n) is 3.38. The van der Waals surface area contributed by atoms with Crippen LogP contribution in [0.4, 0.5) is 0 Å². The molecule has 1 rings (SSSR count). The van der Waals surface area contributed by atoms with Gasteiger partial charge in [-0.1, -0.05) is 0 Å². The Labute approximate surface area is 93.6 Å². The summed E-state index contributed by atoms with van der Waals surface area (Å²) in [6, 6.07) is 0. The maximum atomic E-state index is 2.21. The summed E-state index contributed by atoms with van der Waals surface area (Å²) in [4.78, 5) is 0. The number of hydrogen-bond donors (Lipinski definition) is 0. The van der Waals surface area contributed by atoms with Crippen molar-refractivity contribution in [3.05, 3.63) is 33.4 Å². The minimum Gasteiger partial charge on any atom is -0.0447 e. The van der Waals surface area contributed by atoms with E-state index < -0.39 is 0 Å². The van der Waals surface area contributed by atoms with Crippen LogP contribution in [0.15, 0.2) is 0 Å². The minimum absolute atomic E-state index is 0. The van der Waals surface area contributed by atoms with Crippen LogP contribution in [-0.2, 0) is 18.6 Å².